The maximum atomic E-state index is 6.04. The van der Waals surface area contributed by atoms with Crippen molar-refractivity contribution >= 4 is 11.0 Å². The van der Waals surface area contributed by atoms with Crippen LogP contribution in [0.3, 0.4) is 0 Å². The zero-order valence-corrected chi connectivity index (χ0v) is 11.2. The van der Waals surface area contributed by atoms with E-state index in [1.165, 1.54) is 10.9 Å². The number of para-hydroxylation sites is 1. The first-order chi connectivity index (χ1) is 9.38. The van der Waals surface area contributed by atoms with Crippen LogP contribution in [-0.2, 0) is 0 Å². The second-order valence-corrected chi connectivity index (χ2v) is 4.94. The van der Waals surface area contributed by atoms with Crippen LogP contribution in [-0.4, -0.2) is 0 Å². The van der Waals surface area contributed by atoms with Crippen molar-refractivity contribution in [2.75, 3.05) is 0 Å². The average Bonchev–Trinajstić information content (AvgIpc) is 2.89. The first-order valence-electron chi connectivity index (χ1n) is 6.92. The maximum Gasteiger partial charge on any atom is 0.134 e. The highest BCUT2D eigenvalue weighted by Crippen LogP contribution is 2.33. The third-order valence-corrected chi connectivity index (χ3v) is 3.57. The predicted octanol–water partition coefficient (Wildman–Crippen LogP) is 5.36. The molecule has 3 aromatic rings. The third kappa shape index (κ3) is 2.41. The third-order valence-electron chi connectivity index (χ3n) is 3.57. The van der Waals surface area contributed by atoms with Crippen molar-refractivity contribution in [2.45, 2.75) is 25.7 Å². The molecule has 0 amide bonds. The van der Waals surface area contributed by atoms with Gasteiger partial charge in [0, 0.05) is 11.3 Å². The Bertz CT molecular complexity index is 619. The van der Waals surface area contributed by atoms with Gasteiger partial charge in [0.15, 0.2) is 0 Å². The lowest BCUT2D eigenvalue weighted by Crippen LogP contribution is -1.98. The van der Waals surface area contributed by atoms with E-state index in [2.05, 4.69) is 55.5 Å². The van der Waals surface area contributed by atoms with E-state index in [1.807, 2.05) is 12.1 Å². The molecule has 3 rings (SSSR count). The van der Waals surface area contributed by atoms with Crippen molar-refractivity contribution in [3.05, 3.63) is 72.0 Å². The normalized spacial score (nSPS) is 12.7. The van der Waals surface area contributed by atoms with Crippen LogP contribution in [0, 0.1) is 0 Å². The topological polar surface area (TPSA) is 13.1 Å². The number of furan rings is 1. The fourth-order valence-corrected chi connectivity index (χ4v) is 2.62. The minimum atomic E-state index is 0.360. The van der Waals surface area contributed by atoms with E-state index in [4.69, 9.17) is 4.42 Å². The van der Waals surface area contributed by atoms with E-state index < -0.39 is 0 Å². The van der Waals surface area contributed by atoms with Crippen LogP contribution >= 0.6 is 0 Å². The predicted molar refractivity (Wildman–Crippen MR) is 79.4 cm³/mol. The first kappa shape index (κ1) is 12.0. The Morgan fingerprint density at radius 2 is 1.68 bits per heavy atom. The molecule has 0 fully saturated rings. The Hall–Kier alpha value is -2.02. The monoisotopic (exact) mass is 250 g/mol. The van der Waals surface area contributed by atoms with Gasteiger partial charge in [-0.3, -0.25) is 0 Å². The largest absolute Gasteiger partial charge is 0.460 e. The number of rotatable bonds is 4. The van der Waals surface area contributed by atoms with Gasteiger partial charge in [0.1, 0.15) is 11.3 Å². The van der Waals surface area contributed by atoms with Crippen molar-refractivity contribution < 1.29 is 4.42 Å². The van der Waals surface area contributed by atoms with Crippen molar-refractivity contribution in [1.29, 1.82) is 0 Å². The molecule has 0 aliphatic carbocycles. The van der Waals surface area contributed by atoms with Crippen LogP contribution in [0.1, 0.15) is 37.0 Å². The highest BCUT2D eigenvalue weighted by molar-refractivity contribution is 5.78. The summed E-state index contributed by atoms with van der Waals surface area (Å²) >= 11 is 0. The van der Waals surface area contributed by atoms with Crippen LogP contribution in [0.4, 0.5) is 0 Å². The Kier molecular flexibility index (Phi) is 3.37. The molecule has 0 aliphatic rings. The summed E-state index contributed by atoms with van der Waals surface area (Å²) in [4.78, 5) is 0. The highest BCUT2D eigenvalue weighted by atomic mass is 16.3. The van der Waals surface area contributed by atoms with Crippen LogP contribution < -0.4 is 0 Å². The molecule has 19 heavy (non-hydrogen) atoms. The van der Waals surface area contributed by atoms with Gasteiger partial charge in [-0.2, -0.15) is 0 Å². The van der Waals surface area contributed by atoms with Crippen molar-refractivity contribution in [2.24, 2.45) is 0 Å². The molecule has 1 atom stereocenters. The molecule has 0 spiro atoms. The molecular formula is C18H18O. The molecule has 0 bridgehead atoms. The maximum absolute atomic E-state index is 6.04. The number of hydrogen-bond acceptors (Lipinski definition) is 1. The Morgan fingerprint density at radius 3 is 2.42 bits per heavy atom. The Balaban J connectivity index is 2.04. The van der Waals surface area contributed by atoms with Gasteiger partial charge in [-0.05, 0) is 24.1 Å². The first-order valence-corrected chi connectivity index (χ1v) is 6.92. The van der Waals surface area contributed by atoms with Gasteiger partial charge in [0.2, 0.25) is 0 Å². The summed E-state index contributed by atoms with van der Waals surface area (Å²) in [7, 11) is 0. The summed E-state index contributed by atoms with van der Waals surface area (Å²) in [6.07, 6.45) is 2.26. The summed E-state index contributed by atoms with van der Waals surface area (Å²) in [6.45, 7) is 2.22. The van der Waals surface area contributed by atoms with Gasteiger partial charge < -0.3 is 4.42 Å². The molecule has 1 aromatic heterocycles. The minimum absolute atomic E-state index is 0.360. The van der Waals surface area contributed by atoms with Crippen LogP contribution in [0.15, 0.2) is 65.1 Å². The molecule has 0 radical (unpaired) electrons. The Morgan fingerprint density at radius 1 is 0.947 bits per heavy atom. The van der Waals surface area contributed by atoms with Crippen molar-refractivity contribution in [3.63, 3.8) is 0 Å². The van der Waals surface area contributed by atoms with Gasteiger partial charge in [-0.1, -0.05) is 61.9 Å². The summed E-state index contributed by atoms with van der Waals surface area (Å²) in [5, 5.41) is 1.19. The molecule has 1 nitrogen and oxygen atoms in total. The Labute approximate surface area is 113 Å². The van der Waals surface area contributed by atoms with E-state index in [0.29, 0.717) is 5.92 Å². The number of fused-ring (bicyclic) bond motifs is 1. The molecule has 2 aromatic carbocycles. The summed E-state index contributed by atoms with van der Waals surface area (Å²) in [6, 6.07) is 21.0. The second kappa shape index (κ2) is 5.31. The SMILES string of the molecule is CCCC(c1ccccc1)c1cc2ccccc2o1. The van der Waals surface area contributed by atoms with Gasteiger partial charge in [0.05, 0.1) is 0 Å². The lowest BCUT2D eigenvalue weighted by Gasteiger charge is -2.13. The lowest BCUT2D eigenvalue weighted by atomic mass is 9.92. The molecule has 1 heteroatoms. The van der Waals surface area contributed by atoms with E-state index in [0.717, 1.165) is 24.2 Å². The summed E-state index contributed by atoms with van der Waals surface area (Å²) in [5.41, 5.74) is 2.32. The zero-order valence-electron chi connectivity index (χ0n) is 11.2. The van der Waals surface area contributed by atoms with E-state index in [9.17, 15) is 0 Å². The highest BCUT2D eigenvalue weighted by Gasteiger charge is 2.17. The molecule has 96 valence electrons. The smallest absolute Gasteiger partial charge is 0.134 e. The van der Waals surface area contributed by atoms with E-state index in [-0.39, 0.29) is 0 Å². The van der Waals surface area contributed by atoms with Crippen LogP contribution in [0.25, 0.3) is 11.0 Å². The summed E-state index contributed by atoms with van der Waals surface area (Å²) in [5.74, 6) is 1.44. The number of hydrogen-bond donors (Lipinski definition) is 0. The van der Waals surface area contributed by atoms with Gasteiger partial charge in [-0.15, -0.1) is 0 Å². The van der Waals surface area contributed by atoms with E-state index >= 15 is 0 Å². The molecule has 1 heterocycles. The van der Waals surface area contributed by atoms with Gasteiger partial charge in [0.25, 0.3) is 0 Å². The standard InChI is InChI=1S/C18H18O/c1-2-8-16(14-9-4-3-5-10-14)18-13-15-11-6-7-12-17(15)19-18/h3-7,9-13,16H,2,8H2,1H3. The molecular weight excluding hydrogens is 232 g/mol. The van der Waals surface area contributed by atoms with E-state index in [1.54, 1.807) is 0 Å². The minimum Gasteiger partial charge on any atom is -0.460 e. The second-order valence-electron chi connectivity index (χ2n) is 4.94. The average molecular weight is 250 g/mol. The fraction of sp³-hybridized carbons (Fsp3) is 0.222. The van der Waals surface area contributed by atoms with Gasteiger partial charge >= 0.3 is 0 Å². The number of benzene rings is 2. The molecule has 0 aliphatic heterocycles. The van der Waals surface area contributed by atoms with Crippen LogP contribution in [0.5, 0.6) is 0 Å². The molecule has 1 unspecified atom stereocenters. The molecule has 0 saturated heterocycles. The lowest BCUT2D eigenvalue weighted by molar-refractivity contribution is 0.501. The summed E-state index contributed by atoms with van der Waals surface area (Å²) < 4.78 is 6.04. The van der Waals surface area contributed by atoms with Gasteiger partial charge in [-0.25, -0.2) is 0 Å². The quantitative estimate of drug-likeness (QED) is 0.607. The van der Waals surface area contributed by atoms with Crippen molar-refractivity contribution in [1.82, 2.24) is 0 Å². The van der Waals surface area contributed by atoms with Crippen LogP contribution in [0.2, 0.25) is 0 Å². The molecule has 0 N–H and O–H groups in total. The fourth-order valence-electron chi connectivity index (χ4n) is 2.62. The molecule has 0 saturated carbocycles. The zero-order chi connectivity index (χ0) is 13.1. The van der Waals surface area contributed by atoms with Crippen molar-refractivity contribution in [3.8, 4) is 0 Å².